The number of carbonyl (C=O) groups excluding carboxylic acids is 6. The van der Waals surface area contributed by atoms with Crippen molar-refractivity contribution in [3.05, 3.63) is 0 Å². The fourth-order valence-corrected chi connectivity index (χ4v) is 2.08. The van der Waals surface area contributed by atoms with E-state index in [1.165, 1.54) is 25.2 Å². The molecule has 10 nitrogen and oxygen atoms in total. The molecular formula is C22H36O10Zr. The summed E-state index contributed by atoms with van der Waals surface area (Å²) in [5, 5.41) is 29.3. The van der Waals surface area contributed by atoms with E-state index in [0.717, 1.165) is 6.42 Å². The van der Waals surface area contributed by atoms with Crippen LogP contribution in [0.4, 0.5) is 0 Å². The van der Waals surface area contributed by atoms with E-state index in [9.17, 15) is 44.1 Å². The van der Waals surface area contributed by atoms with Gasteiger partial charge in [-0.05, 0) is 19.3 Å². The van der Waals surface area contributed by atoms with Gasteiger partial charge in [0.2, 0.25) is 0 Å². The second-order valence-electron chi connectivity index (χ2n) is 6.85. The monoisotopic (exact) mass is 550 g/mol. The third-order valence-corrected chi connectivity index (χ3v) is 4.38. The van der Waals surface area contributed by atoms with Gasteiger partial charge in [0.25, 0.3) is 0 Å². The first-order chi connectivity index (χ1) is 15.3. The number of carbonyl (C=O) groups is 6. The Hall–Kier alpha value is -1.74. The summed E-state index contributed by atoms with van der Waals surface area (Å²) in [5.74, 6) is -4.61. The van der Waals surface area contributed by atoms with Crippen molar-refractivity contribution < 1.29 is 72.1 Å². The van der Waals surface area contributed by atoms with E-state index in [2.05, 4.69) is 13.8 Å². The van der Waals surface area contributed by atoms with E-state index in [1.54, 1.807) is 0 Å². The molecule has 0 radical (unpaired) electrons. The number of hydrogen-bond acceptors (Lipinski definition) is 10. The van der Waals surface area contributed by atoms with Crippen LogP contribution < -0.4 is 15.3 Å². The standard InChI is InChI=1S/3C6H10O3.C4H9O.Zr/c3*1-2-3-5(7)4-6(8)9;1-3-4(2)5;/h3*2-4H2,1H3,(H,8,9);4H,3H2,1-2H3;/q;;;-1;+4/p-3. The molecule has 0 fully saturated rings. The molecule has 0 N–H and O–H groups in total. The number of carboxylic acid groups (broad SMARTS) is 3. The Bertz CT molecular complexity index is 500. The first kappa shape index (κ1) is 38.5. The number of carboxylic acids is 3. The van der Waals surface area contributed by atoms with E-state index in [0.29, 0.717) is 44.6 Å². The molecule has 0 aromatic carbocycles. The molecule has 0 rings (SSSR count). The first-order valence-electron chi connectivity index (χ1n) is 10.8. The quantitative estimate of drug-likeness (QED) is 0.261. The van der Waals surface area contributed by atoms with E-state index in [4.69, 9.17) is 2.81 Å². The van der Waals surface area contributed by atoms with Crippen molar-refractivity contribution >= 4 is 35.3 Å². The van der Waals surface area contributed by atoms with Crippen LogP contribution in [0, 0.1) is 0 Å². The van der Waals surface area contributed by atoms with Crippen molar-refractivity contribution in [2.45, 2.75) is 105 Å². The van der Waals surface area contributed by atoms with Crippen LogP contribution in [0.3, 0.4) is 0 Å². The Labute approximate surface area is 211 Å². The smallest absolute Gasteiger partial charge is 0.138 e. The number of rotatable bonds is 14. The zero-order valence-corrected chi connectivity index (χ0v) is 22.7. The maximum atomic E-state index is 10.4. The van der Waals surface area contributed by atoms with Crippen LogP contribution in [0.15, 0.2) is 0 Å². The van der Waals surface area contributed by atoms with Gasteiger partial charge in [0.1, 0.15) is 17.3 Å². The van der Waals surface area contributed by atoms with E-state index in [-0.39, 0.29) is 17.3 Å². The van der Waals surface area contributed by atoms with Crippen LogP contribution in [0.1, 0.15) is 98.8 Å². The Morgan fingerprint density at radius 1 is 0.636 bits per heavy atom. The zero-order valence-electron chi connectivity index (χ0n) is 20.2. The van der Waals surface area contributed by atoms with Crippen LogP contribution in [0.5, 0.6) is 0 Å². The van der Waals surface area contributed by atoms with Crippen molar-refractivity contribution in [1.29, 1.82) is 0 Å². The molecule has 188 valence electrons. The molecule has 0 aliphatic carbocycles. The third kappa shape index (κ3) is 44.7. The number of ketones is 3. The molecular weight excluding hydrogens is 515 g/mol. The summed E-state index contributed by atoms with van der Waals surface area (Å²) in [6, 6.07) is 0. The van der Waals surface area contributed by atoms with Gasteiger partial charge in [-0.2, -0.15) is 0 Å². The average molecular weight is 552 g/mol. The molecule has 0 heterocycles. The molecule has 0 aromatic heterocycles. The van der Waals surface area contributed by atoms with Crippen molar-refractivity contribution in [3.8, 4) is 0 Å². The van der Waals surface area contributed by atoms with Gasteiger partial charge in [0, 0.05) is 56.4 Å². The average Bonchev–Trinajstić information content (AvgIpc) is 2.67. The predicted molar refractivity (Wildman–Crippen MR) is 109 cm³/mol. The fraction of sp³-hybridized carbons (Fsp3) is 0.727. The summed E-state index contributed by atoms with van der Waals surface area (Å²) in [6.07, 6.45) is 3.42. The number of Topliss-reactive ketones (excluding diaryl/α,β-unsaturated/α-hetero) is 3. The summed E-state index contributed by atoms with van der Waals surface area (Å²) >= 11 is 1.18. The second kappa shape index (κ2) is 28.3. The second-order valence-corrected chi connectivity index (χ2v) is 7.43. The molecule has 0 aliphatic rings. The van der Waals surface area contributed by atoms with Crippen LogP contribution in [0.25, 0.3) is 0 Å². The minimum atomic E-state index is -1.28. The van der Waals surface area contributed by atoms with Gasteiger partial charge in [-0.3, -0.25) is 14.4 Å². The van der Waals surface area contributed by atoms with Gasteiger partial charge in [0.15, 0.2) is 0 Å². The van der Waals surface area contributed by atoms with Crippen molar-refractivity contribution in [2.75, 3.05) is 0 Å². The Morgan fingerprint density at radius 3 is 0.970 bits per heavy atom. The minimum absolute atomic E-state index is 0.252. The molecule has 0 aromatic rings. The van der Waals surface area contributed by atoms with Gasteiger partial charge in [-0.15, -0.1) is 0 Å². The molecule has 11 heteroatoms. The van der Waals surface area contributed by atoms with Gasteiger partial charge in [-0.25, -0.2) is 0 Å². The number of hydrogen-bond donors (Lipinski definition) is 0. The fourth-order valence-electron chi connectivity index (χ4n) is 1.67. The molecule has 0 saturated carbocycles. The Kier molecular flexibility index (Phi) is 33.0. The Balaban J connectivity index is -0.000000172. The zero-order chi connectivity index (χ0) is 26.8. The summed E-state index contributed by atoms with van der Waals surface area (Å²) in [5.41, 5.74) is 0. The van der Waals surface area contributed by atoms with Crippen molar-refractivity contribution in [3.63, 3.8) is 0 Å². The number of aliphatic carboxylic acids is 3. The molecule has 0 spiro atoms. The summed E-state index contributed by atoms with van der Waals surface area (Å²) in [6.45, 7) is 9.68. The van der Waals surface area contributed by atoms with E-state index < -0.39 is 37.2 Å². The first-order valence-corrected chi connectivity index (χ1v) is 11.8. The third-order valence-electron chi connectivity index (χ3n) is 3.39. The SMILES string of the molecule is CCC(C)[O][Zr+3].CCCC(=O)CC(=O)[O-].CCCC(=O)CC(=O)[O-].CCCC(=O)CC(=O)[O-]. The van der Waals surface area contributed by atoms with E-state index >= 15 is 0 Å². The molecule has 0 bridgehead atoms. The normalized spacial score (nSPS) is 10.0. The van der Waals surface area contributed by atoms with Crippen LogP contribution in [-0.2, 0) is 56.7 Å². The minimum Gasteiger partial charge on any atom is -0.550 e. The molecule has 0 aliphatic heterocycles. The Morgan fingerprint density at radius 2 is 0.879 bits per heavy atom. The summed E-state index contributed by atoms with van der Waals surface area (Å²) in [4.78, 5) is 60.6. The summed E-state index contributed by atoms with van der Waals surface area (Å²) < 4.78 is 4.99. The van der Waals surface area contributed by atoms with Crippen LogP contribution in [-0.4, -0.2) is 41.4 Å². The van der Waals surface area contributed by atoms with E-state index in [1.807, 2.05) is 20.8 Å². The molecule has 0 amide bonds. The molecule has 33 heavy (non-hydrogen) atoms. The topological polar surface area (TPSA) is 181 Å². The predicted octanol–water partition coefficient (Wildman–Crippen LogP) is -0.250. The van der Waals surface area contributed by atoms with Gasteiger partial charge in [-0.1, -0.05) is 20.8 Å². The molecule has 1 atom stereocenters. The maximum absolute atomic E-state index is 10.4. The van der Waals surface area contributed by atoms with Gasteiger partial charge >= 0.3 is 54.3 Å². The van der Waals surface area contributed by atoms with Crippen molar-refractivity contribution in [1.82, 2.24) is 0 Å². The largest absolute Gasteiger partial charge is 0.550 e. The van der Waals surface area contributed by atoms with Gasteiger partial charge in [0.05, 0.1) is 0 Å². The molecule has 0 saturated heterocycles. The molecule has 1 unspecified atom stereocenters. The van der Waals surface area contributed by atoms with Crippen LogP contribution >= 0.6 is 0 Å². The summed E-state index contributed by atoms with van der Waals surface area (Å²) in [7, 11) is 0. The van der Waals surface area contributed by atoms with Gasteiger partial charge < -0.3 is 29.7 Å². The maximum Gasteiger partial charge on any atom is 0.138 e. The van der Waals surface area contributed by atoms with Crippen LogP contribution in [0.2, 0.25) is 0 Å². The van der Waals surface area contributed by atoms with Crippen molar-refractivity contribution in [2.24, 2.45) is 0 Å².